The molecule has 1 N–H and O–H groups in total. The van der Waals surface area contributed by atoms with Crippen LogP contribution in [0.4, 0.5) is 5.69 Å². The maximum Gasteiger partial charge on any atom is 0.266 e. The van der Waals surface area contributed by atoms with Crippen LogP contribution in [0.15, 0.2) is 60.3 Å². The van der Waals surface area contributed by atoms with E-state index >= 15 is 0 Å². The molecule has 5 nitrogen and oxygen atoms in total. The molecular weight excluding hydrogens is 451 g/mol. The summed E-state index contributed by atoms with van der Waals surface area (Å²) in [7, 11) is 0. The zero-order valence-corrected chi connectivity index (χ0v) is 16.5. The van der Waals surface area contributed by atoms with Crippen molar-refractivity contribution in [3.05, 3.63) is 69.4 Å². The first kappa shape index (κ1) is 18.7. The van der Waals surface area contributed by atoms with Gasteiger partial charge in [0.2, 0.25) is 0 Å². The number of nitrogens with one attached hydrogen (secondary N) is 1. The van der Waals surface area contributed by atoms with Crippen molar-refractivity contribution in [2.24, 2.45) is 0 Å². The van der Waals surface area contributed by atoms with Crippen molar-refractivity contribution in [3.63, 3.8) is 0 Å². The van der Waals surface area contributed by atoms with E-state index in [1.54, 1.807) is 12.1 Å². The van der Waals surface area contributed by atoms with Crippen molar-refractivity contribution >= 4 is 51.2 Å². The smallest absolute Gasteiger partial charge is 0.266 e. The molecule has 2 aromatic carbocycles. The van der Waals surface area contributed by atoms with Crippen LogP contribution in [-0.2, 0) is 11.3 Å². The number of halogens is 1. The Morgan fingerprint density at radius 2 is 1.89 bits per heavy atom. The molecule has 0 aliphatic rings. The number of nitriles is 2. The Balaban J connectivity index is 1.96. The highest BCUT2D eigenvalue weighted by Gasteiger charge is 2.13. The van der Waals surface area contributed by atoms with E-state index in [1.165, 1.54) is 0 Å². The Hall–Kier alpha value is -3.10. The van der Waals surface area contributed by atoms with Crippen LogP contribution < -0.4 is 5.32 Å². The number of para-hydroxylation sites is 2. The lowest BCUT2D eigenvalue weighted by Crippen LogP contribution is -2.14. The molecule has 0 spiro atoms. The highest BCUT2D eigenvalue weighted by molar-refractivity contribution is 14.1. The molecule has 132 valence electrons. The Bertz CT molecular complexity index is 1120. The lowest BCUT2D eigenvalue weighted by atomic mass is 10.1. The van der Waals surface area contributed by atoms with Gasteiger partial charge in [0.15, 0.2) is 0 Å². The molecular formula is C21H15IN4O. The second-order valence-electron chi connectivity index (χ2n) is 5.81. The summed E-state index contributed by atoms with van der Waals surface area (Å²) in [5.41, 5.74) is 2.44. The SMILES string of the molecule is N#CCCn1cc(/C=C(/C#N)C(=O)Nc2ccccc2I)c2ccccc21. The van der Waals surface area contributed by atoms with Gasteiger partial charge in [-0.05, 0) is 46.9 Å². The van der Waals surface area contributed by atoms with Gasteiger partial charge in [-0.15, -0.1) is 0 Å². The fraction of sp³-hybridized carbons (Fsp3) is 0.0952. The van der Waals surface area contributed by atoms with Gasteiger partial charge in [-0.1, -0.05) is 30.3 Å². The van der Waals surface area contributed by atoms with Gasteiger partial charge in [-0.2, -0.15) is 10.5 Å². The minimum Gasteiger partial charge on any atom is -0.346 e. The van der Waals surface area contributed by atoms with Crippen LogP contribution in [0.3, 0.4) is 0 Å². The third-order valence-electron chi connectivity index (χ3n) is 4.07. The number of nitrogens with zero attached hydrogens (tertiary/aromatic N) is 3. The van der Waals surface area contributed by atoms with E-state index in [2.05, 4.69) is 34.0 Å². The number of carbonyl (C=O) groups excluding carboxylic acids is 1. The summed E-state index contributed by atoms with van der Waals surface area (Å²) in [6.07, 6.45) is 3.86. The van der Waals surface area contributed by atoms with Crippen LogP contribution in [0.5, 0.6) is 0 Å². The van der Waals surface area contributed by atoms with Crippen LogP contribution >= 0.6 is 22.6 Å². The van der Waals surface area contributed by atoms with Crippen LogP contribution in [0, 0.1) is 26.2 Å². The van der Waals surface area contributed by atoms with Gasteiger partial charge in [-0.25, -0.2) is 0 Å². The van der Waals surface area contributed by atoms with Crippen LogP contribution in [0.25, 0.3) is 17.0 Å². The maximum absolute atomic E-state index is 12.6. The van der Waals surface area contributed by atoms with Gasteiger partial charge < -0.3 is 9.88 Å². The minimum absolute atomic E-state index is 0.0258. The lowest BCUT2D eigenvalue weighted by molar-refractivity contribution is -0.112. The van der Waals surface area contributed by atoms with E-state index in [0.717, 1.165) is 20.0 Å². The quantitative estimate of drug-likeness (QED) is 0.336. The normalized spacial score (nSPS) is 11.0. The van der Waals surface area contributed by atoms with E-state index < -0.39 is 5.91 Å². The molecule has 0 aliphatic heterocycles. The first-order chi connectivity index (χ1) is 13.1. The summed E-state index contributed by atoms with van der Waals surface area (Å²) < 4.78 is 2.87. The Morgan fingerprint density at radius 3 is 2.63 bits per heavy atom. The lowest BCUT2D eigenvalue weighted by Gasteiger charge is -2.06. The zero-order valence-electron chi connectivity index (χ0n) is 14.3. The topological polar surface area (TPSA) is 81.6 Å². The van der Waals surface area contributed by atoms with Crippen LogP contribution in [-0.4, -0.2) is 10.5 Å². The van der Waals surface area contributed by atoms with Gasteiger partial charge in [0.1, 0.15) is 11.6 Å². The highest BCUT2D eigenvalue weighted by atomic mass is 127. The fourth-order valence-corrected chi connectivity index (χ4v) is 3.32. The molecule has 0 atom stereocenters. The molecule has 6 heteroatoms. The summed E-state index contributed by atoms with van der Waals surface area (Å²) >= 11 is 2.13. The second-order valence-corrected chi connectivity index (χ2v) is 6.97. The average molecular weight is 466 g/mol. The summed E-state index contributed by atoms with van der Waals surface area (Å²) in [5.74, 6) is -0.449. The molecule has 3 rings (SSSR count). The Labute approximate surface area is 170 Å². The fourth-order valence-electron chi connectivity index (χ4n) is 2.80. The molecule has 0 unspecified atom stereocenters. The van der Waals surface area contributed by atoms with E-state index in [0.29, 0.717) is 18.7 Å². The highest BCUT2D eigenvalue weighted by Crippen LogP contribution is 2.24. The van der Waals surface area contributed by atoms with Crippen LogP contribution in [0.1, 0.15) is 12.0 Å². The van der Waals surface area contributed by atoms with Gasteiger partial charge in [0.25, 0.3) is 5.91 Å². The van der Waals surface area contributed by atoms with E-state index in [1.807, 2.05) is 59.3 Å². The molecule has 27 heavy (non-hydrogen) atoms. The van der Waals surface area contributed by atoms with Crippen molar-refractivity contribution in [1.29, 1.82) is 10.5 Å². The number of benzene rings is 2. The van der Waals surface area contributed by atoms with Crippen molar-refractivity contribution in [2.75, 3.05) is 5.32 Å². The predicted octanol–water partition coefficient (Wildman–Crippen LogP) is 4.71. The molecule has 1 heterocycles. The number of carbonyl (C=O) groups is 1. The van der Waals surface area contributed by atoms with Gasteiger partial charge >= 0.3 is 0 Å². The molecule has 0 fully saturated rings. The van der Waals surface area contributed by atoms with Gasteiger partial charge in [-0.3, -0.25) is 4.79 Å². The first-order valence-electron chi connectivity index (χ1n) is 8.26. The standard InChI is InChI=1S/C21H15IN4O/c22-18-7-2-3-8-19(18)25-21(27)15(13-24)12-16-14-26(11-5-10-23)20-9-4-1-6-17(16)20/h1-4,6-9,12,14H,5,11H2,(H,25,27)/b15-12-. The number of rotatable bonds is 5. The Kier molecular flexibility index (Phi) is 5.90. The summed E-state index contributed by atoms with van der Waals surface area (Å²) in [5, 5.41) is 22.1. The molecule has 3 aromatic rings. The number of aryl methyl sites for hydroxylation is 1. The summed E-state index contributed by atoms with van der Waals surface area (Å²) in [6.45, 7) is 0.557. The second kappa shape index (κ2) is 8.52. The average Bonchev–Trinajstić information content (AvgIpc) is 3.04. The molecule has 1 amide bonds. The number of amides is 1. The monoisotopic (exact) mass is 466 g/mol. The van der Waals surface area contributed by atoms with E-state index in [-0.39, 0.29) is 5.57 Å². The third-order valence-corrected chi connectivity index (χ3v) is 5.01. The number of fused-ring (bicyclic) bond motifs is 1. The summed E-state index contributed by atoms with van der Waals surface area (Å²) in [6, 6.07) is 19.3. The molecule has 0 saturated carbocycles. The molecule has 0 bridgehead atoms. The molecule has 0 aliphatic carbocycles. The third kappa shape index (κ3) is 4.18. The van der Waals surface area contributed by atoms with Crippen molar-refractivity contribution < 1.29 is 4.79 Å². The number of hydrogen-bond acceptors (Lipinski definition) is 3. The number of anilines is 1. The van der Waals surface area contributed by atoms with E-state index in [4.69, 9.17) is 5.26 Å². The maximum atomic E-state index is 12.6. The molecule has 0 saturated heterocycles. The zero-order chi connectivity index (χ0) is 19.2. The van der Waals surface area contributed by atoms with Crippen molar-refractivity contribution in [1.82, 2.24) is 4.57 Å². The molecule has 1 aromatic heterocycles. The number of hydrogen-bond donors (Lipinski definition) is 1. The predicted molar refractivity (Wildman–Crippen MR) is 114 cm³/mol. The Morgan fingerprint density at radius 1 is 1.15 bits per heavy atom. The summed E-state index contributed by atoms with van der Waals surface area (Å²) in [4.78, 5) is 12.6. The van der Waals surface area contributed by atoms with Crippen LogP contribution in [0.2, 0.25) is 0 Å². The first-order valence-corrected chi connectivity index (χ1v) is 9.34. The molecule has 0 radical (unpaired) electrons. The minimum atomic E-state index is -0.449. The largest absolute Gasteiger partial charge is 0.346 e. The number of aromatic nitrogens is 1. The van der Waals surface area contributed by atoms with Crippen molar-refractivity contribution in [3.8, 4) is 12.1 Å². The van der Waals surface area contributed by atoms with E-state index in [9.17, 15) is 10.1 Å². The van der Waals surface area contributed by atoms with Gasteiger partial charge in [0, 0.05) is 32.8 Å². The van der Waals surface area contributed by atoms with Crippen molar-refractivity contribution in [2.45, 2.75) is 13.0 Å². The van der Waals surface area contributed by atoms with Gasteiger partial charge in [0.05, 0.1) is 18.2 Å².